The molecule has 0 aliphatic carbocycles. The number of nitrogens with zero attached hydrogens (tertiary/aromatic N) is 2. The predicted octanol–water partition coefficient (Wildman–Crippen LogP) is 4.25. The molecule has 0 fully saturated rings. The van der Waals surface area contributed by atoms with E-state index in [1.807, 2.05) is 30.3 Å². The predicted molar refractivity (Wildman–Crippen MR) is 105 cm³/mol. The summed E-state index contributed by atoms with van der Waals surface area (Å²) in [5.74, 6) is 1.43. The molecule has 0 aliphatic rings. The number of benzene rings is 2. The Labute approximate surface area is 163 Å². The van der Waals surface area contributed by atoms with Gasteiger partial charge in [0, 0.05) is 11.1 Å². The largest absolute Gasteiger partial charge is 0.493 e. The Morgan fingerprint density at radius 3 is 2.14 bits per heavy atom. The number of hydrogen-bond donors (Lipinski definition) is 0. The van der Waals surface area contributed by atoms with Crippen molar-refractivity contribution >= 4 is 6.09 Å². The van der Waals surface area contributed by atoms with Crippen LogP contribution in [0.4, 0.5) is 4.79 Å². The maximum Gasteiger partial charge on any atom is 0.435 e. The van der Waals surface area contributed by atoms with Crippen molar-refractivity contribution in [3.05, 3.63) is 48.7 Å². The average molecular weight is 382 g/mol. The van der Waals surface area contributed by atoms with Gasteiger partial charge in [-0.05, 0) is 24.6 Å². The number of hydrogen-bond acceptors (Lipinski definition) is 6. The summed E-state index contributed by atoms with van der Waals surface area (Å²) in [4.78, 5) is 12.5. The Morgan fingerprint density at radius 1 is 0.964 bits per heavy atom. The van der Waals surface area contributed by atoms with E-state index in [2.05, 4.69) is 5.10 Å². The highest BCUT2D eigenvalue weighted by Crippen LogP contribution is 2.43. The molecule has 7 nitrogen and oxygen atoms in total. The Balaban J connectivity index is 2.27. The monoisotopic (exact) mass is 382 g/mol. The van der Waals surface area contributed by atoms with Gasteiger partial charge in [0.15, 0.2) is 11.5 Å². The maximum absolute atomic E-state index is 12.5. The third-order valence-corrected chi connectivity index (χ3v) is 4.23. The molecule has 0 saturated carbocycles. The zero-order valence-electron chi connectivity index (χ0n) is 16.3. The van der Waals surface area contributed by atoms with Crippen molar-refractivity contribution in [1.29, 1.82) is 0 Å². The van der Waals surface area contributed by atoms with Crippen molar-refractivity contribution < 1.29 is 23.7 Å². The first kappa shape index (κ1) is 19.3. The summed E-state index contributed by atoms with van der Waals surface area (Å²) in [5, 5.41) is 4.27. The van der Waals surface area contributed by atoms with Crippen LogP contribution in [0.2, 0.25) is 0 Å². The van der Waals surface area contributed by atoms with Gasteiger partial charge in [-0.3, -0.25) is 0 Å². The minimum Gasteiger partial charge on any atom is -0.493 e. The molecule has 146 valence electrons. The van der Waals surface area contributed by atoms with Crippen LogP contribution < -0.4 is 14.2 Å². The lowest BCUT2D eigenvalue weighted by molar-refractivity contribution is 0.151. The molecule has 0 N–H and O–H groups in total. The molecule has 2 aromatic carbocycles. The van der Waals surface area contributed by atoms with E-state index < -0.39 is 6.09 Å². The number of aromatic nitrogens is 2. The van der Waals surface area contributed by atoms with E-state index in [0.29, 0.717) is 28.5 Å². The van der Waals surface area contributed by atoms with Gasteiger partial charge in [-0.2, -0.15) is 9.78 Å². The second-order valence-corrected chi connectivity index (χ2v) is 5.80. The Bertz CT molecular complexity index is 941. The van der Waals surface area contributed by atoms with Crippen molar-refractivity contribution in [3.63, 3.8) is 0 Å². The third kappa shape index (κ3) is 3.51. The lowest BCUT2D eigenvalue weighted by Gasteiger charge is -2.15. The van der Waals surface area contributed by atoms with Crippen LogP contribution in [0.25, 0.3) is 22.4 Å². The molecule has 0 amide bonds. The topological polar surface area (TPSA) is 71.8 Å². The van der Waals surface area contributed by atoms with Gasteiger partial charge in [0.25, 0.3) is 0 Å². The summed E-state index contributed by atoms with van der Waals surface area (Å²) in [6.07, 6.45) is 1.08. The molecule has 0 radical (unpaired) electrons. The minimum atomic E-state index is -0.562. The van der Waals surface area contributed by atoms with Crippen LogP contribution in [0, 0.1) is 0 Å². The van der Waals surface area contributed by atoms with Gasteiger partial charge in [-0.1, -0.05) is 30.3 Å². The molecule has 3 aromatic rings. The second-order valence-electron chi connectivity index (χ2n) is 5.80. The van der Waals surface area contributed by atoms with Crippen molar-refractivity contribution in [2.24, 2.45) is 0 Å². The van der Waals surface area contributed by atoms with Gasteiger partial charge in [0.1, 0.15) is 0 Å². The van der Waals surface area contributed by atoms with E-state index in [1.165, 1.54) is 11.8 Å². The minimum absolute atomic E-state index is 0.244. The van der Waals surface area contributed by atoms with Crippen molar-refractivity contribution in [1.82, 2.24) is 9.78 Å². The molecular formula is C21H22N2O5. The van der Waals surface area contributed by atoms with E-state index in [1.54, 1.807) is 39.5 Å². The van der Waals surface area contributed by atoms with Gasteiger partial charge in [-0.25, -0.2) is 4.79 Å². The van der Waals surface area contributed by atoms with Crippen LogP contribution in [0.5, 0.6) is 17.2 Å². The first-order valence-corrected chi connectivity index (χ1v) is 8.75. The summed E-state index contributed by atoms with van der Waals surface area (Å²) in [6.45, 7) is 1.99. The Morgan fingerprint density at radius 2 is 1.61 bits per heavy atom. The van der Waals surface area contributed by atoms with Crippen LogP contribution in [-0.2, 0) is 4.74 Å². The molecule has 3 rings (SSSR count). The molecule has 0 spiro atoms. The second kappa shape index (κ2) is 8.47. The molecule has 0 aliphatic heterocycles. The zero-order valence-corrected chi connectivity index (χ0v) is 16.3. The van der Waals surface area contributed by atoms with Crippen LogP contribution in [-0.4, -0.2) is 43.8 Å². The Hall–Kier alpha value is -3.48. The number of carbonyl (C=O) groups is 1. The van der Waals surface area contributed by atoms with Gasteiger partial charge in [-0.15, -0.1) is 0 Å². The van der Waals surface area contributed by atoms with Gasteiger partial charge >= 0.3 is 6.09 Å². The number of methoxy groups -OCH3 is 3. The van der Waals surface area contributed by atoms with Gasteiger partial charge in [0.2, 0.25) is 5.75 Å². The average Bonchev–Trinajstić information content (AvgIpc) is 3.18. The lowest BCUT2D eigenvalue weighted by atomic mass is 10.0. The zero-order chi connectivity index (χ0) is 20.1. The molecule has 7 heteroatoms. The van der Waals surface area contributed by atoms with Crippen LogP contribution in [0.15, 0.2) is 48.7 Å². The molecule has 28 heavy (non-hydrogen) atoms. The summed E-state index contributed by atoms with van der Waals surface area (Å²) >= 11 is 0. The fourth-order valence-corrected chi connectivity index (χ4v) is 3.00. The quantitative estimate of drug-likeness (QED) is 0.635. The molecule has 0 unspecified atom stereocenters. The van der Waals surface area contributed by atoms with Crippen LogP contribution in [0.3, 0.4) is 0 Å². The molecule has 0 atom stereocenters. The summed E-state index contributed by atoms with van der Waals surface area (Å²) in [7, 11) is 4.63. The molecule has 0 saturated heterocycles. The number of ether oxygens (including phenoxy) is 4. The fraction of sp³-hybridized carbons (Fsp3) is 0.238. The number of carbonyl (C=O) groups excluding carboxylic acids is 1. The number of rotatable bonds is 6. The molecule has 1 aromatic heterocycles. The highest BCUT2D eigenvalue weighted by atomic mass is 16.6. The van der Waals surface area contributed by atoms with Gasteiger partial charge in [0.05, 0.1) is 39.8 Å². The summed E-state index contributed by atoms with van der Waals surface area (Å²) in [6, 6.07) is 13.2. The lowest BCUT2D eigenvalue weighted by Crippen LogP contribution is -2.16. The van der Waals surface area contributed by atoms with Gasteiger partial charge < -0.3 is 18.9 Å². The third-order valence-electron chi connectivity index (χ3n) is 4.23. The normalized spacial score (nSPS) is 10.4. The first-order chi connectivity index (χ1) is 13.6. The first-order valence-electron chi connectivity index (χ1n) is 8.75. The van der Waals surface area contributed by atoms with E-state index in [-0.39, 0.29) is 6.61 Å². The van der Waals surface area contributed by atoms with Crippen molar-refractivity contribution in [2.75, 3.05) is 27.9 Å². The highest BCUT2D eigenvalue weighted by Gasteiger charge is 2.23. The maximum atomic E-state index is 12.5. The molecular weight excluding hydrogens is 360 g/mol. The SMILES string of the molecule is CCOC(=O)n1ncc(-c2ccccc2)c1-c1cc(OC)c(OC)c(OC)c1. The standard InChI is InChI=1S/C21H22N2O5/c1-5-28-21(24)23-19(16(13-22-23)14-9-7-6-8-10-14)15-11-17(25-2)20(27-4)18(12-15)26-3/h6-13H,5H2,1-4H3. The smallest absolute Gasteiger partial charge is 0.435 e. The fourth-order valence-electron chi connectivity index (χ4n) is 3.00. The Kier molecular flexibility index (Phi) is 5.84. The van der Waals surface area contributed by atoms with E-state index in [4.69, 9.17) is 18.9 Å². The van der Waals surface area contributed by atoms with E-state index >= 15 is 0 Å². The molecule has 0 bridgehead atoms. The highest BCUT2D eigenvalue weighted by molar-refractivity contribution is 5.88. The molecule has 1 heterocycles. The summed E-state index contributed by atoms with van der Waals surface area (Å²) < 4.78 is 22.7. The van der Waals surface area contributed by atoms with Crippen molar-refractivity contribution in [2.45, 2.75) is 6.92 Å². The van der Waals surface area contributed by atoms with Crippen molar-refractivity contribution in [3.8, 4) is 39.6 Å². The van der Waals surface area contributed by atoms with E-state index in [9.17, 15) is 4.79 Å². The van der Waals surface area contributed by atoms with E-state index in [0.717, 1.165) is 11.1 Å². The van der Waals surface area contributed by atoms with Crippen LogP contribution in [0.1, 0.15) is 6.92 Å². The van der Waals surface area contributed by atoms with Crippen LogP contribution >= 0.6 is 0 Å². The summed E-state index contributed by atoms with van der Waals surface area (Å²) in [5.41, 5.74) is 2.95.